The summed E-state index contributed by atoms with van der Waals surface area (Å²) in [6, 6.07) is 15.5. The first-order chi connectivity index (χ1) is 9.79. The van der Waals surface area contributed by atoms with Gasteiger partial charge in [0.1, 0.15) is 11.6 Å². The van der Waals surface area contributed by atoms with E-state index in [1.54, 1.807) is 12.1 Å². The zero-order valence-corrected chi connectivity index (χ0v) is 11.6. The average Bonchev–Trinajstić information content (AvgIpc) is 2.84. The third-order valence-corrected chi connectivity index (χ3v) is 3.49. The Bertz CT molecular complexity index is 713. The molecule has 1 N–H and O–H groups in total. The van der Waals surface area contributed by atoms with Gasteiger partial charge in [0, 0.05) is 12.1 Å². The molecule has 0 saturated heterocycles. The molecule has 3 nitrogen and oxygen atoms in total. The normalized spacial score (nSPS) is 11.1. The molecule has 0 radical (unpaired) electrons. The molecule has 0 saturated carbocycles. The number of aromatic nitrogens is 2. The van der Waals surface area contributed by atoms with E-state index < -0.39 is 0 Å². The summed E-state index contributed by atoms with van der Waals surface area (Å²) in [5.74, 6) is 1.37. The van der Waals surface area contributed by atoms with E-state index in [1.165, 1.54) is 0 Å². The second kappa shape index (κ2) is 5.37. The lowest BCUT2D eigenvalue weighted by atomic mass is 10.2. The molecule has 1 heterocycles. The molecule has 0 atom stereocenters. The van der Waals surface area contributed by atoms with Crippen molar-refractivity contribution in [3.63, 3.8) is 0 Å². The second-order valence-electron chi connectivity index (χ2n) is 4.97. The number of aryl methyl sites for hydroxylation is 1. The molecule has 2 aromatic carbocycles. The molecule has 0 unspecified atom stereocenters. The van der Waals surface area contributed by atoms with Crippen LogP contribution in [0.4, 0.5) is 0 Å². The molecule has 0 amide bonds. The smallest absolute Gasteiger partial charge is 0.115 e. The van der Waals surface area contributed by atoms with E-state index in [0.29, 0.717) is 0 Å². The summed E-state index contributed by atoms with van der Waals surface area (Å²) >= 11 is 0. The molecular weight excluding hydrogens is 248 g/mol. The molecule has 20 heavy (non-hydrogen) atoms. The Labute approximate surface area is 118 Å². The Morgan fingerprint density at radius 2 is 1.80 bits per heavy atom. The highest BCUT2D eigenvalue weighted by atomic mass is 16.3. The minimum Gasteiger partial charge on any atom is -0.508 e. The second-order valence-corrected chi connectivity index (χ2v) is 4.97. The van der Waals surface area contributed by atoms with Gasteiger partial charge in [0.15, 0.2) is 0 Å². The number of nitrogens with zero attached hydrogens (tertiary/aromatic N) is 2. The van der Waals surface area contributed by atoms with Crippen molar-refractivity contribution in [1.29, 1.82) is 0 Å². The molecule has 0 spiro atoms. The number of rotatable bonds is 4. The van der Waals surface area contributed by atoms with Crippen molar-refractivity contribution in [3.8, 4) is 11.4 Å². The molecule has 3 rings (SSSR count). The van der Waals surface area contributed by atoms with Crippen LogP contribution in [0.3, 0.4) is 0 Å². The molecule has 0 aliphatic heterocycles. The summed E-state index contributed by atoms with van der Waals surface area (Å²) in [6.07, 6.45) is 3.24. The zero-order valence-electron chi connectivity index (χ0n) is 11.6. The number of phenols is 1. The van der Waals surface area contributed by atoms with Crippen molar-refractivity contribution >= 4 is 11.0 Å². The molecule has 0 aliphatic rings. The maximum atomic E-state index is 9.45. The Morgan fingerprint density at radius 1 is 1.05 bits per heavy atom. The van der Waals surface area contributed by atoms with Crippen LogP contribution in [0.25, 0.3) is 16.7 Å². The van der Waals surface area contributed by atoms with E-state index in [0.717, 1.165) is 41.8 Å². The maximum Gasteiger partial charge on any atom is 0.115 e. The Balaban J connectivity index is 2.17. The highest BCUT2D eigenvalue weighted by Crippen LogP contribution is 2.23. The predicted molar refractivity (Wildman–Crippen MR) is 81.3 cm³/mol. The lowest BCUT2D eigenvalue weighted by molar-refractivity contribution is 0.475. The van der Waals surface area contributed by atoms with Gasteiger partial charge in [0.2, 0.25) is 0 Å². The fraction of sp³-hybridized carbons (Fsp3) is 0.235. The van der Waals surface area contributed by atoms with Crippen molar-refractivity contribution in [2.75, 3.05) is 0 Å². The lowest BCUT2D eigenvalue weighted by Gasteiger charge is -2.09. The highest BCUT2D eigenvalue weighted by molar-refractivity contribution is 5.78. The van der Waals surface area contributed by atoms with Crippen molar-refractivity contribution in [3.05, 3.63) is 54.4 Å². The van der Waals surface area contributed by atoms with Crippen LogP contribution in [-0.4, -0.2) is 14.7 Å². The van der Waals surface area contributed by atoms with Gasteiger partial charge in [-0.1, -0.05) is 25.5 Å². The van der Waals surface area contributed by atoms with Crippen molar-refractivity contribution in [1.82, 2.24) is 9.55 Å². The van der Waals surface area contributed by atoms with Gasteiger partial charge in [0.05, 0.1) is 11.0 Å². The highest BCUT2D eigenvalue weighted by Gasteiger charge is 2.11. The molecule has 3 aromatic rings. The van der Waals surface area contributed by atoms with Crippen LogP contribution in [0.15, 0.2) is 48.5 Å². The molecule has 0 bridgehead atoms. The Kier molecular flexibility index (Phi) is 3.42. The number of hydrogen-bond acceptors (Lipinski definition) is 2. The van der Waals surface area contributed by atoms with Crippen molar-refractivity contribution in [2.24, 2.45) is 0 Å². The van der Waals surface area contributed by atoms with Crippen LogP contribution in [0.2, 0.25) is 0 Å². The molecular formula is C17H18N2O. The maximum absolute atomic E-state index is 9.45. The van der Waals surface area contributed by atoms with Crippen LogP contribution in [-0.2, 0) is 6.42 Å². The first-order valence-electron chi connectivity index (χ1n) is 7.05. The molecule has 3 heteroatoms. The van der Waals surface area contributed by atoms with E-state index in [2.05, 4.69) is 17.6 Å². The monoisotopic (exact) mass is 266 g/mol. The van der Waals surface area contributed by atoms with Crippen molar-refractivity contribution in [2.45, 2.75) is 26.2 Å². The molecule has 102 valence electrons. The topological polar surface area (TPSA) is 38.0 Å². The van der Waals surface area contributed by atoms with Gasteiger partial charge in [-0.2, -0.15) is 0 Å². The van der Waals surface area contributed by atoms with Gasteiger partial charge >= 0.3 is 0 Å². The summed E-state index contributed by atoms with van der Waals surface area (Å²) in [5.41, 5.74) is 3.18. The quantitative estimate of drug-likeness (QED) is 0.773. The van der Waals surface area contributed by atoms with Crippen LogP contribution in [0, 0.1) is 0 Å². The number of benzene rings is 2. The van der Waals surface area contributed by atoms with E-state index >= 15 is 0 Å². The third-order valence-electron chi connectivity index (χ3n) is 3.49. The van der Waals surface area contributed by atoms with E-state index in [9.17, 15) is 5.11 Å². The van der Waals surface area contributed by atoms with Gasteiger partial charge in [-0.25, -0.2) is 4.98 Å². The summed E-state index contributed by atoms with van der Waals surface area (Å²) in [5, 5.41) is 9.45. The van der Waals surface area contributed by atoms with E-state index in [1.807, 2.05) is 30.3 Å². The largest absolute Gasteiger partial charge is 0.508 e. The molecule has 0 aliphatic carbocycles. The van der Waals surface area contributed by atoms with Gasteiger partial charge in [-0.15, -0.1) is 0 Å². The first-order valence-corrected chi connectivity index (χ1v) is 7.05. The number of imidazole rings is 1. The van der Waals surface area contributed by atoms with Gasteiger partial charge < -0.3 is 5.11 Å². The number of phenolic OH excluding ortho intramolecular Hbond substituents is 1. The van der Waals surface area contributed by atoms with Crippen LogP contribution in [0.5, 0.6) is 5.75 Å². The summed E-state index contributed by atoms with van der Waals surface area (Å²) in [7, 11) is 0. The van der Waals surface area contributed by atoms with Crippen LogP contribution < -0.4 is 0 Å². The van der Waals surface area contributed by atoms with Gasteiger partial charge in [-0.3, -0.25) is 4.57 Å². The predicted octanol–water partition coefficient (Wildman–Crippen LogP) is 4.07. The van der Waals surface area contributed by atoms with E-state index in [4.69, 9.17) is 4.98 Å². The number of unbranched alkanes of at least 4 members (excludes halogenated alkanes) is 1. The first kappa shape index (κ1) is 12.7. The minimum absolute atomic E-state index is 0.285. The fourth-order valence-electron chi connectivity index (χ4n) is 2.47. The van der Waals surface area contributed by atoms with Crippen LogP contribution in [0.1, 0.15) is 25.6 Å². The average molecular weight is 266 g/mol. The summed E-state index contributed by atoms with van der Waals surface area (Å²) in [6.45, 7) is 2.19. The van der Waals surface area contributed by atoms with Crippen LogP contribution >= 0.6 is 0 Å². The number of aromatic hydroxyl groups is 1. The SMILES string of the molecule is CCCCc1nc2ccccc2n1-c1ccc(O)cc1. The van der Waals surface area contributed by atoms with E-state index in [-0.39, 0.29) is 5.75 Å². The van der Waals surface area contributed by atoms with Gasteiger partial charge in [0.25, 0.3) is 0 Å². The lowest BCUT2D eigenvalue weighted by Crippen LogP contribution is -2.01. The third kappa shape index (κ3) is 2.27. The zero-order chi connectivity index (χ0) is 13.9. The number of fused-ring (bicyclic) bond motifs is 1. The standard InChI is InChI=1S/C17H18N2O/c1-2-3-8-17-18-15-6-4-5-7-16(15)19(17)13-9-11-14(20)12-10-13/h4-7,9-12,20H,2-3,8H2,1H3. The fourth-order valence-corrected chi connectivity index (χ4v) is 2.47. The molecule has 1 aromatic heterocycles. The minimum atomic E-state index is 0.285. The summed E-state index contributed by atoms with van der Waals surface area (Å²) in [4.78, 5) is 4.75. The summed E-state index contributed by atoms with van der Waals surface area (Å²) < 4.78 is 2.18. The Hall–Kier alpha value is -2.29. The van der Waals surface area contributed by atoms with Crippen molar-refractivity contribution < 1.29 is 5.11 Å². The number of hydrogen-bond donors (Lipinski definition) is 1. The Morgan fingerprint density at radius 3 is 2.55 bits per heavy atom. The molecule has 0 fully saturated rings. The number of para-hydroxylation sites is 2. The van der Waals surface area contributed by atoms with Gasteiger partial charge in [-0.05, 0) is 42.8 Å².